The van der Waals surface area contributed by atoms with Gasteiger partial charge in [0, 0.05) is 27.6 Å². The van der Waals surface area contributed by atoms with Gasteiger partial charge >= 0.3 is 0 Å². The fraction of sp³-hybridized carbons (Fsp3) is 0.600. The first-order chi connectivity index (χ1) is 8.24. The van der Waals surface area contributed by atoms with Crippen molar-refractivity contribution in [3.63, 3.8) is 0 Å². The molecule has 0 aromatic carbocycles. The Bertz CT molecular complexity index is 403. The number of hydrogen-bond acceptors (Lipinski definition) is 2. The molecule has 0 spiro atoms. The van der Waals surface area contributed by atoms with E-state index < -0.39 is 0 Å². The highest BCUT2D eigenvalue weighted by molar-refractivity contribution is 7.12. The third-order valence-electron chi connectivity index (χ3n) is 3.52. The molecule has 1 N–H and O–H groups in total. The summed E-state index contributed by atoms with van der Waals surface area (Å²) in [6, 6.07) is 0. The molecule has 0 aliphatic heterocycles. The van der Waals surface area contributed by atoms with Gasteiger partial charge in [-0.3, -0.25) is 0 Å². The summed E-state index contributed by atoms with van der Waals surface area (Å²) in [5, 5.41) is 3.49. The number of rotatable bonds is 5. The molecular formula is C15H23NS. The lowest BCUT2D eigenvalue weighted by atomic mass is 9.94. The molecular weight excluding hydrogens is 226 g/mol. The topological polar surface area (TPSA) is 12.0 Å². The van der Waals surface area contributed by atoms with E-state index in [9.17, 15) is 0 Å². The van der Waals surface area contributed by atoms with Gasteiger partial charge in [0.05, 0.1) is 0 Å². The van der Waals surface area contributed by atoms with Gasteiger partial charge in [-0.05, 0) is 44.6 Å². The first-order valence-electron chi connectivity index (χ1n) is 6.78. The highest BCUT2D eigenvalue weighted by Gasteiger charge is 2.19. The van der Waals surface area contributed by atoms with E-state index in [1.807, 2.05) is 11.3 Å². The summed E-state index contributed by atoms with van der Waals surface area (Å²) in [6.07, 6.45) is 7.71. The van der Waals surface area contributed by atoms with Gasteiger partial charge in [0.1, 0.15) is 0 Å². The van der Waals surface area contributed by atoms with Gasteiger partial charge in [0.15, 0.2) is 0 Å². The molecule has 0 fully saturated rings. The molecule has 94 valence electrons. The van der Waals surface area contributed by atoms with Crippen LogP contribution in [0.3, 0.4) is 0 Å². The fourth-order valence-electron chi connectivity index (χ4n) is 2.60. The van der Waals surface area contributed by atoms with Crippen molar-refractivity contribution >= 4 is 17.0 Å². The van der Waals surface area contributed by atoms with Gasteiger partial charge in [-0.1, -0.05) is 19.9 Å². The number of unbranched alkanes of at least 4 members (excludes halogenated alkanes) is 1. The summed E-state index contributed by atoms with van der Waals surface area (Å²) in [4.78, 5) is 3.06. The van der Waals surface area contributed by atoms with E-state index >= 15 is 0 Å². The SMILES string of the molecule is C=C(NCCCC)c1c(C)sc2c1CCCC2. The van der Waals surface area contributed by atoms with Crippen LogP contribution in [0.5, 0.6) is 0 Å². The smallest absolute Gasteiger partial charge is 0.0354 e. The van der Waals surface area contributed by atoms with E-state index in [0.717, 1.165) is 12.2 Å². The van der Waals surface area contributed by atoms with Crippen LogP contribution in [0.15, 0.2) is 6.58 Å². The quantitative estimate of drug-likeness (QED) is 0.767. The molecule has 0 radical (unpaired) electrons. The van der Waals surface area contributed by atoms with Gasteiger partial charge in [0.2, 0.25) is 0 Å². The van der Waals surface area contributed by atoms with Crippen molar-refractivity contribution in [2.75, 3.05) is 6.54 Å². The summed E-state index contributed by atoms with van der Waals surface area (Å²) in [6.45, 7) is 9.75. The summed E-state index contributed by atoms with van der Waals surface area (Å²) in [5.74, 6) is 0. The van der Waals surface area contributed by atoms with Crippen molar-refractivity contribution in [1.82, 2.24) is 5.32 Å². The summed E-state index contributed by atoms with van der Waals surface area (Å²) in [7, 11) is 0. The minimum Gasteiger partial charge on any atom is -0.385 e. The molecule has 0 bridgehead atoms. The number of nitrogens with one attached hydrogen (secondary N) is 1. The molecule has 0 atom stereocenters. The third kappa shape index (κ3) is 2.74. The molecule has 1 nitrogen and oxygen atoms in total. The average Bonchev–Trinajstić information content (AvgIpc) is 2.65. The van der Waals surface area contributed by atoms with Crippen LogP contribution in [-0.2, 0) is 12.8 Å². The van der Waals surface area contributed by atoms with Crippen LogP contribution in [0.2, 0.25) is 0 Å². The molecule has 0 saturated carbocycles. The molecule has 17 heavy (non-hydrogen) atoms. The van der Waals surface area contributed by atoms with Crippen LogP contribution in [0.1, 0.15) is 53.5 Å². The lowest BCUT2D eigenvalue weighted by Crippen LogP contribution is -2.14. The molecule has 0 unspecified atom stereocenters. The maximum absolute atomic E-state index is 4.23. The molecule has 0 saturated heterocycles. The zero-order valence-electron chi connectivity index (χ0n) is 11.1. The lowest BCUT2D eigenvalue weighted by molar-refractivity contribution is 0.693. The molecule has 2 heteroatoms. The van der Waals surface area contributed by atoms with Crippen molar-refractivity contribution in [2.45, 2.75) is 52.4 Å². The van der Waals surface area contributed by atoms with Gasteiger partial charge in [-0.25, -0.2) is 0 Å². The predicted octanol–water partition coefficient (Wildman–Crippen LogP) is 4.30. The van der Waals surface area contributed by atoms with Crippen LogP contribution in [0.25, 0.3) is 5.70 Å². The zero-order valence-corrected chi connectivity index (χ0v) is 11.9. The van der Waals surface area contributed by atoms with E-state index in [2.05, 4.69) is 25.7 Å². The summed E-state index contributed by atoms with van der Waals surface area (Å²) >= 11 is 1.98. The maximum atomic E-state index is 4.23. The van der Waals surface area contributed by atoms with Gasteiger partial charge < -0.3 is 5.32 Å². The highest BCUT2D eigenvalue weighted by Crippen LogP contribution is 2.36. The minimum absolute atomic E-state index is 1.05. The Labute approximate surface area is 109 Å². The first kappa shape index (κ1) is 12.7. The van der Waals surface area contributed by atoms with Gasteiger partial charge in [0.25, 0.3) is 0 Å². The molecule has 1 aliphatic carbocycles. The number of hydrogen-bond donors (Lipinski definition) is 1. The lowest BCUT2D eigenvalue weighted by Gasteiger charge is -2.15. The van der Waals surface area contributed by atoms with Crippen LogP contribution < -0.4 is 5.32 Å². The maximum Gasteiger partial charge on any atom is 0.0354 e. The van der Waals surface area contributed by atoms with Crippen molar-refractivity contribution in [1.29, 1.82) is 0 Å². The van der Waals surface area contributed by atoms with Crippen molar-refractivity contribution in [3.8, 4) is 0 Å². The second-order valence-corrected chi connectivity index (χ2v) is 6.21. The number of thiophene rings is 1. The van der Waals surface area contributed by atoms with Crippen LogP contribution in [0, 0.1) is 6.92 Å². The van der Waals surface area contributed by atoms with Crippen LogP contribution in [0.4, 0.5) is 0 Å². The number of aryl methyl sites for hydroxylation is 2. The fourth-order valence-corrected chi connectivity index (χ4v) is 3.89. The Morgan fingerprint density at radius 1 is 1.35 bits per heavy atom. The summed E-state index contributed by atoms with van der Waals surface area (Å²) in [5.41, 5.74) is 4.17. The zero-order chi connectivity index (χ0) is 12.3. The Hall–Kier alpha value is -0.760. The Kier molecular flexibility index (Phi) is 4.27. The third-order valence-corrected chi connectivity index (χ3v) is 4.73. The molecule has 1 aliphatic rings. The van der Waals surface area contributed by atoms with E-state index in [0.29, 0.717) is 0 Å². The first-order valence-corrected chi connectivity index (χ1v) is 7.60. The Balaban J connectivity index is 2.14. The van der Waals surface area contributed by atoms with Crippen LogP contribution >= 0.6 is 11.3 Å². The van der Waals surface area contributed by atoms with Crippen molar-refractivity contribution in [3.05, 3.63) is 27.5 Å². The van der Waals surface area contributed by atoms with E-state index in [-0.39, 0.29) is 0 Å². The largest absolute Gasteiger partial charge is 0.385 e. The second kappa shape index (κ2) is 5.72. The molecule has 1 aromatic heterocycles. The Morgan fingerprint density at radius 3 is 2.88 bits per heavy atom. The van der Waals surface area contributed by atoms with Crippen LogP contribution in [-0.4, -0.2) is 6.54 Å². The molecule has 1 heterocycles. The average molecular weight is 249 g/mol. The van der Waals surface area contributed by atoms with E-state index in [4.69, 9.17) is 0 Å². The van der Waals surface area contributed by atoms with E-state index in [1.165, 1.54) is 49.0 Å². The molecule has 0 amide bonds. The van der Waals surface area contributed by atoms with Gasteiger partial charge in [-0.2, -0.15) is 0 Å². The van der Waals surface area contributed by atoms with Gasteiger partial charge in [-0.15, -0.1) is 11.3 Å². The standard InChI is InChI=1S/C15H23NS/c1-4-5-10-16-11(2)15-12(3)17-14-9-7-6-8-13(14)15/h16H,2,4-10H2,1,3H3. The van der Waals surface area contributed by atoms with Crippen molar-refractivity contribution < 1.29 is 0 Å². The predicted molar refractivity (Wildman–Crippen MR) is 77.6 cm³/mol. The Morgan fingerprint density at radius 2 is 2.12 bits per heavy atom. The molecule has 1 aromatic rings. The monoisotopic (exact) mass is 249 g/mol. The van der Waals surface area contributed by atoms with Crippen molar-refractivity contribution in [2.24, 2.45) is 0 Å². The second-order valence-electron chi connectivity index (χ2n) is 4.90. The summed E-state index contributed by atoms with van der Waals surface area (Å²) < 4.78 is 0. The highest BCUT2D eigenvalue weighted by atomic mass is 32.1. The minimum atomic E-state index is 1.05. The van der Waals surface area contributed by atoms with E-state index in [1.54, 1.807) is 10.4 Å². The molecule has 2 rings (SSSR count). The number of fused-ring (bicyclic) bond motifs is 1. The normalized spacial score (nSPS) is 14.5.